The van der Waals surface area contributed by atoms with Gasteiger partial charge >= 0.3 is 0 Å². The highest BCUT2D eigenvalue weighted by atomic mass is 15.2. The first-order valence-electron chi connectivity index (χ1n) is 7.57. The van der Waals surface area contributed by atoms with Crippen molar-refractivity contribution in [2.24, 2.45) is 5.92 Å². The number of nitrogens with two attached hydrogens (primary N) is 1. The number of pyridine rings is 1. The van der Waals surface area contributed by atoms with E-state index in [1.165, 1.54) is 25.7 Å². The topological polar surface area (TPSA) is 54.2 Å². The summed E-state index contributed by atoms with van der Waals surface area (Å²) in [6, 6.07) is 3.90. The molecule has 3 N–H and O–H groups in total. The number of anilines is 2. The summed E-state index contributed by atoms with van der Waals surface area (Å²) in [5.74, 6) is 1.73. The maximum absolute atomic E-state index is 5.82. The van der Waals surface area contributed by atoms with E-state index in [0.29, 0.717) is 0 Å². The highest BCUT2D eigenvalue weighted by molar-refractivity contribution is 5.49. The molecule has 1 saturated carbocycles. The summed E-state index contributed by atoms with van der Waals surface area (Å²) in [4.78, 5) is 6.90. The van der Waals surface area contributed by atoms with Gasteiger partial charge in [-0.2, -0.15) is 0 Å². The number of nitrogens with one attached hydrogen (secondary N) is 1. The lowest BCUT2D eigenvalue weighted by Crippen LogP contribution is -2.52. The molecule has 0 aliphatic heterocycles. The van der Waals surface area contributed by atoms with Crippen molar-refractivity contribution in [3.05, 3.63) is 17.8 Å². The smallest absolute Gasteiger partial charge is 0.126 e. The summed E-state index contributed by atoms with van der Waals surface area (Å²) in [6.45, 7) is 5.26. The van der Waals surface area contributed by atoms with E-state index in [4.69, 9.17) is 5.73 Å². The van der Waals surface area contributed by atoms with E-state index < -0.39 is 0 Å². The molecule has 0 bridgehead atoms. The van der Waals surface area contributed by atoms with Gasteiger partial charge in [0.05, 0.1) is 11.4 Å². The van der Waals surface area contributed by atoms with Gasteiger partial charge in [0.25, 0.3) is 0 Å². The molecule has 112 valence electrons. The third-order valence-electron chi connectivity index (χ3n) is 4.74. The molecule has 1 aromatic rings. The zero-order chi connectivity index (χ0) is 14.8. The van der Waals surface area contributed by atoms with E-state index in [2.05, 4.69) is 36.2 Å². The zero-order valence-electron chi connectivity index (χ0n) is 13.2. The number of aryl methyl sites for hydroxylation is 1. The van der Waals surface area contributed by atoms with Crippen LogP contribution >= 0.6 is 0 Å². The molecular formula is C16H28N4. The fraction of sp³-hybridized carbons (Fsp3) is 0.688. The van der Waals surface area contributed by atoms with Crippen LogP contribution in [0.15, 0.2) is 12.1 Å². The maximum Gasteiger partial charge on any atom is 0.126 e. The van der Waals surface area contributed by atoms with Crippen molar-refractivity contribution in [1.29, 1.82) is 0 Å². The molecule has 0 spiro atoms. The second kappa shape index (κ2) is 6.00. The van der Waals surface area contributed by atoms with Crippen molar-refractivity contribution in [3.8, 4) is 0 Å². The fourth-order valence-electron chi connectivity index (χ4n) is 3.28. The lowest BCUT2D eigenvalue weighted by atomic mass is 9.75. The second-order valence-corrected chi connectivity index (χ2v) is 6.54. The average Bonchev–Trinajstić information content (AvgIpc) is 2.40. The van der Waals surface area contributed by atoms with Crippen molar-refractivity contribution >= 4 is 11.5 Å². The quantitative estimate of drug-likeness (QED) is 0.888. The number of likely N-dealkylation sites (N-methyl/N-ethyl adjacent to an activating group) is 1. The Labute approximate surface area is 122 Å². The Bertz CT molecular complexity index is 458. The van der Waals surface area contributed by atoms with Gasteiger partial charge in [-0.05, 0) is 51.9 Å². The van der Waals surface area contributed by atoms with Crippen molar-refractivity contribution < 1.29 is 0 Å². The van der Waals surface area contributed by atoms with Gasteiger partial charge in [-0.25, -0.2) is 4.98 Å². The molecule has 4 heteroatoms. The summed E-state index contributed by atoms with van der Waals surface area (Å²) in [5, 5.41) is 3.52. The molecule has 2 unspecified atom stereocenters. The summed E-state index contributed by atoms with van der Waals surface area (Å²) >= 11 is 0. The van der Waals surface area contributed by atoms with Crippen molar-refractivity contribution in [1.82, 2.24) is 9.88 Å². The standard InChI is InChI=1S/C16H28N4/c1-12-6-5-9-16(10-12,20(3)4)11-18-15-8-7-14(17)13(2)19-15/h7-8,12H,5-6,9-11,17H2,1-4H3,(H,18,19). The molecule has 2 rings (SSSR count). The Morgan fingerprint density at radius 1 is 1.45 bits per heavy atom. The largest absolute Gasteiger partial charge is 0.397 e. The number of aromatic nitrogens is 1. The molecule has 1 heterocycles. The van der Waals surface area contributed by atoms with Crippen molar-refractivity contribution in [2.45, 2.75) is 45.1 Å². The highest BCUT2D eigenvalue weighted by Gasteiger charge is 2.36. The van der Waals surface area contributed by atoms with Crippen molar-refractivity contribution in [3.63, 3.8) is 0 Å². The molecule has 0 amide bonds. The molecule has 1 aliphatic rings. The molecule has 1 aromatic heterocycles. The molecule has 2 atom stereocenters. The third-order valence-corrected chi connectivity index (χ3v) is 4.74. The Hall–Kier alpha value is -1.29. The van der Waals surface area contributed by atoms with Crippen LogP contribution in [-0.2, 0) is 0 Å². The number of rotatable bonds is 4. The first-order valence-corrected chi connectivity index (χ1v) is 7.57. The summed E-state index contributed by atoms with van der Waals surface area (Å²) < 4.78 is 0. The van der Waals surface area contributed by atoms with E-state index in [0.717, 1.165) is 29.7 Å². The highest BCUT2D eigenvalue weighted by Crippen LogP contribution is 2.35. The third kappa shape index (κ3) is 3.23. The normalized spacial score (nSPS) is 26.8. The first kappa shape index (κ1) is 15.1. The zero-order valence-corrected chi connectivity index (χ0v) is 13.2. The van der Waals surface area contributed by atoms with Crippen LogP contribution in [0.2, 0.25) is 0 Å². The molecular weight excluding hydrogens is 248 g/mol. The van der Waals surface area contributed by atoms with E-state index in [1.807, 2.05) is 19.1 Å². The van der Waals surface area contributed by atoms with Crippen LogP contribution in [0.25, 0.3) is 0 Å². The maximum atomic E-state index is 5.82. The van der Waals surface area contributed by atoms with Gasteiger partial charge in [0.15, 0.2) is 0 Å². The molecule has 0 saturated heterocycles. The van der Waals surface area contributed by atoms with Crippen LogP contribution in [0, 0.1) is 12.8 Å². The van der Waals surface area contributed by atoms with Crippen LogP contribution < -0.4 is 11.1 Å². The van der Waals surface area contributed by atoms with Crippen LogP contribution in [0.4, 0.5) is 11.5 Å². The molecule has 4 nitrogen and oxygen atoms in total. The second-order valence-electron chi connectivity index (χ2n) is 6.54. The Morgan fingerprint density at radius 3 is 2.80 bits per heavy atom. The Morgan fingerprint density at radius 2 is 2.20 bits per heavy atom. The fourth-order valence-corrected chi connectivity index (χ4v) is 3.28. The van der Waals surface area contributed by atoms with Crippen LogP contribution in [0.1, 0.15) is 38.3 Å². The minimum Gasteiger partial charge on any atom is -0.397 e. The predicted octanol–water partition coefficient (Wildman–Crippen LogP) is 2.89. The van der Waals surface area contributed by atoms with Gasteiger partial charge in [0.1, 0.15) is 5.82 Å². The van der Waals surface area contributed by atoms with Crippen LogP contribution in [0.3, 0.4) is 0 Å². The van der Waals surface area contributed by atoms with Gasteiger partial charge < -0.3 is 16.0 Å². The molecule has 1 aliphatic carbocycles. The molecule has 20 heavy (non-hydrogen) atoms. The van der Waals surface area contributed by atoms with Crippen LogP contribution in [0.5, 0.6) is 0 Å². The van der Waals surface area contributed by atoms with E-state index in [1.54, 1.807) is 0 Å². The van der Waals surface area contributed by atoms with Gasteiger partial charge in [-0.3, -0.25) is 0 Å². The van der Waals surface area contributed by atoms with E-state index >= 15 is 0 Å². The van der Waals surface area contributed by atoms with Gasteiger partial charge in [0, 0.05) is 12.1 Å². The summed E-state index contributed by atoms with van der Waals surface area (Å²) in [7, 11) is 4.39. The number of nitrogens with zero attached hydrogens (tertiary/aromatic N) is 2. The number of nitrogen functional groups attached to an aromatic ring is 1. The van der Waals surface area contributed by atoms with Gasteiger partial charge in [0.2, 0.25) is 0 Å². The van der Waals surface area contributed by atoms with Gasteiger partial charge in [-0.1, -0.05) is 19.8 Å². The molecule has 0 aromatic carbocycles. The minimum atomic E-state index is 0.245. The lowest BCUT2D eigenvalue weighted by Gasteiger charge is -2.45. The first-order chi connectivity index (χ1) is 9.43. The monoisotopic (exact) mass is 276 g/mol. The van der Waals surface area contributed by atoms with Gasteiger partial charge in [-0.15, -0.1) is 0 Å². The Balaban J connectivity index is 2.07. The minimum absolute atomic E-state index is 0.245. The number of hydrogen-bond donors (Lipinski definition) is 2. The van der Waals surface area contributed by atoms with Crippen LogP contribution in [-0.4, -0.2) is 36.1 Å². The van der Waals surface area contributed by atoms with E-state index in [9.17, 15) is 0 Å². The Kier molecular flexibility index (Phi) is 4.53. The van der Waals surface area contributed by atoms with E-state index in [-0.39, 0.29) is 5.54 Å². The molecule has 1 fully saturated rings. The molecule has 0 radical (unpaired) electrons. The van der Waals surface area contributed by atoms with Crippen molar-refractivity contribution in [2.75, 3.05) is 31.7 Å². The number of hydrogen-bond acceptors (Lipinski definition) is 4. The SMILES string of the molecule is Cc1nc(NCC2(N(C)C)CCCC(C)C2)ccc1N. The lowest BCUT2D eigenvalue weighted by molar-refractivity contribution is 0.0881. The predicted molar refractivity (Wildman–Crippen MR) is 85.9 cm³/mol. The average molecular weight is 276 g/mol. The summed E-state index contributed by atoms with van der Waals surface area (Å²) in [6.07, 6.45) is 5.18. The summed E-state index contributed by atoms with van der Waals surface area (Å²) in [5.41, 5.74) is 7.71.